The fourth-order valence-corrected chi connectivity index (χ4v) is 2.56. The molecular formula is C14H10F4S. The molecule has 0 aliphatic carbocycles. The van der Waals surface area contributed by atoms with Gasteiger partial charge in [-0.2, -0.15) is 11.8 Å². The molecular weight excluding hydrogens is 276 g/mol. The van der Waals surface area contributed by atoms with Crippen molar-refractivity contribution in [1.29, 1.82) is 0 Å². The largest absolute Gasteiger partial charge is 0.207 e. The summed E-state index contributed by atoms with van der Waals surface area (Å²) in [6.07, 6.45) is 0. The van der Waals surface area contributed by atoms with Crippen molar-refractivity contribution in [2.75, 3.05) is 0 Å². The van der Waals surface area contributed by atoms with Crippen molar-refractivity contribution < 1.29 is 17.6 Å². The van der Waals surface area contributed by atoms with Crippen LogP contribution < -0.4 is 0 Å². The Bertz CT molecular complexity index is 532. The topological polar surface area (TPSA) is 0 Å². The van der Waals surface area contributed by atoms with Gasteiger partial charge >= 0.3 is 0 Å². The number of rotatable bonds is 4. The normalized spacial score (nSPS) is 10.7. The fourth-order valence-electron chi connectivity index (χ4n) is 1.55. The van der Waals surface area contributed by atoms with Gasteiger partial charge in [-0.1, -0.05) is 12.1 Å². The maximum atomic E-state index is 13.3. The van der Waals surface area contributed by atoms with Gasteiger partial charge in [0.25, 0.3) is 0 Å². The van der Waals surface area contributed by atoms with Crippen LogP contribution in [0.15, 0.2) is 36.4 Å². The summed E-state index contributed by atoms with van der Waals surface area (Å²) in [5, 5.41) is 0. The maximum Gasteiger partial charge on any atom is 0.130 e. The highest BCUT2D eigenvalue weighted by molar-refractivity contribution is 7.97. The van der Waals surface area contributed by atoms with Crippen LogP contribution in [0.5, 0.6) is 0 Å². The van der Waals surface area contributed by atoms with Crippen molar-refractivity contribution >= 4 is 11.8 Å². The smallest absolute Gasteiger partial charge is 0.130 e. The van der Waals surface area contributed by atoms with E-state index >= 15 is 0 Å². The number of hydrogen-bond acceptors (Lipinski definition) is 1. The highest BCUT2D eigenvalue weighted by atomic mass is 32.2. The van der Waals surface area contributed by atoms with Gasteiger partial charge in [-0.15, -0.1) is 0 Å². The Kier molecular flexibility index (Phi) is 4.47. The molecule has 2 aromatic carbocycles. The van der Waals surface area contributed by atoms with Crippen LogP contribution in [0, 0.1) is 23.3 Å². The van der Waals surface area contributed by atoms with Gasteiger partial charge in [0.05, 0.1) is 0 Å². The molecule has 5 heteroatoms. The fraction of sp³-hybridized carbons (Fsp3) is 0.143. The molecule has 0 amide bonds. The Labute approximate surface area is 112 Å². The summed E-state index contributed by atoms with van der Waals surface area (Å²) in [6.45, 7) is 0. The van der Waals surface area contributed by atoms with Gasteiger partial charge in [0.1, 0.15) is 23.3 Å². The van der Waals surface area contributed by atoms with Crippen LogP contribution in [0.2, 0.25) is 0 Å². The maximum absolute atomic E-state index is 13.3. The predicted octanol–water partition coefficient (Wildman–Crippen LogP) is 4.68. The molecule has 0 radical (unpaired) electrons. The lowest BCUT2D eigenvalue weighted by Gasteiger charge is -2.05. The van der Waals surface area contributed by atoms with E-state index in [9.17, 15) is 17.6 Å². The molecule has 100 valence electrons. The molecule has 0 spiro atoms. The first-order valence-electron chi connectivity index (χ1n) is 5.52. The standard InChI is InChI=1S/C14H10F4S/c15-11-3-1-9(13(17)5-11)7-19-8-10-2-4-12(16)6-14(10)18/h1-6H,7-8H2. The monoisotopic (exact) mass is 286 g/mol. The number of benzene rings is 2. The van der Waals surface area contributed by atoms with Gasteiger partial charge in [0, 0.05) is 23.6 Å². The Morgan fingerprint density at radius 2 is 1.11 bits per heavy atom. The Hall–Kier alpha value is -1.49. The molecule has 2 aromatic rings. The molecule has 0 aliphatic rings. The van der Waals surface area contributed by atoms with E-state index < -0.39 is 23.3 Å². The minimum Gasteiger partial charge on any atom is -0.207 e. The summed E-state index contributed by atoms with van der Waals surface area (Å²) in [4.78, 5) is 0. The van der Waals surface area contributed by atoms with Crippen molar-refractivity contribution in [2.45, 2.75) is 11.5 Å². The lowest BCUT2D eigenvalue weighted by molar-refractivity contribution is 0.576. The van der Waals surface area contributed by atoms with Gasteiger partial charge in [0.2, 0.25) is 0 Å². The number of thioether (sulfide) groups is 1. The van der Waals surface area contributed by atoms with E-state index in [1.807, 2.05) is 0 Å². The summed E-state index contributed by atoms with van der Waals surface area (Å²) in [5.74, 6) is -1.91. The van der Waals surface area contributed by atoms with E-state index in [1.165, 1.54) is 36.0 Å². The van der Waals surface area contributed by atoms with Crippen molar-refractivity contribution in [3.05, 3.63) is 70.8 Å². The zero-order valence-corrected chi connectivity index (χ0v) is 10.6. The average Bonchev–Trinajstić information content (AvgIpc) is 2.34. The third-order valence-electron chi connectivity index (χ3n) is 2.55. The molecule has 0 fully saturated rings. The Morgan fingerprint density at radius 1 is 0.684 bits per heavy atom. The predicted molar refractivity (Wildman–Crippen MR) is 67.7 cm³/mol. The molecule has 0 N–H and O–H groups in total. The summed E-state index contributed by atoms with van der Waals surface area (Å²) >= 11 is 1.27. The second kappa shape index (κ2) is 6.10. The van der Waals surface area contributed by atoms with Gasteiger partial charge < -0.3 is 0 Å². The molecule has 0 saturated carbocycles. The summed E-state index contributed by atoms with van der Waals surface area (Å²) in [6, 6.07) is 6.70. The first kappa shape index (κ1) is 13.9. The van der Waals surface area contributed by atoms with Crippen LogP contribution in [0.25, 0.3) is 0 Å². The van der Waals surface area contributed by atoms with E-state index in [2.05, 4.69) is 0 Å². The second-order valence-corrected chi connectivity index (χ2v) is 4.95. The summed E-state index contributed by atoms with van der Waals surface area (Å²) in [5.41, 5.74) is 0.711. The second-order valence-electron chi connectivity index (χ2n) is 3.96. The first-order valence-corrected chi connectivity index (χ1v) is 6.67. The Morgan fingerprint density at radius 3 is 1.47 bits per heavy atom. The van der Waals surface area contributed by atoms with Crippen LogP contribution in [0.1, 0.15) is 11.1 Å². The molecule has 0 nitrogen and oxygen atoms in total. The van der Waals surface area contributed by atoms with Crippen molar-refractivity contribution in [3.63, 3.8) is 0 Å². The van der Waals surface area contributed by atoms with Crippen LogP contribution in [0.3, 0.4) is 0 Å². The van der Waals surface area contributed by atoms with Crippen molar-refractivity contribution in [3.8, 4) is 0 Å². The zero-order chi connectivity index (χ0) is 13.8. The minimum absolute atomic E-state index is 0.295. The molecule has 0 saturated heterocycles. The van der Waals surface area contributed by atoms with Crippen LogP contribution in [-0.4, -0.2) is 0 Å². The lowest BCUT2D eigenvalue weighted by atomic mass is 10.2. The number of hydrogen-bond donors (Lipinski definition) is 0. The Balaban J connectivity index is 1.96. The molecule has 0 bridgehead atoms. The minimum atomic E-state index is -0.629. The first-order chi connectivity index (χ1) is 9.06. The van der Waals surface area contributed by atoms with Gasteiger partial charge in [-0.05, 0) is 23.3 Å². The van der Waals surface area contributed by atoms with Crippen LogP contribution >= 0.6 is 11.8 Å². The summed E-state index contributed by atoms with van der Waals surface area (Å²) in [7, 11) is 0. The highest BCUT2D eigenvalue weighted by Crippen LogP contribution is 2.22. The highest BCUT2D eigenvalue weighted by Gasteiger charge is 2.06. The third kappa shape index (κ3) is 3.73. The quantitative estimate of drug-likeness (QED) is 0.736. The number of halogens is 4. The SMILES string of the molecule is Fc1ccc(CSCc2ccc(F)cc2F)c(F)c1. The molecule has 0 heterocycles. The van der Waals surface area contributed by atoms with Crippen molar-refractivity contribution in [2.24, 2.45) is 0 Å². The van der Waals surface area contributed by atoms with Crippen molar-refractivity contribution in [1.82, 2.24) is 0 Å². The van der Waals surface area contributed by atoms with Gasteiger partial charge in [-0.25, -0.2) is 17.6 Å². The molecule has 19 heavy (non-hydrogen) atoms. The molecule has 0 aliphatic heterocycles. The van der Waals surface area contributed by atoms with E-state index in [4.69, 9.17) is 0 Å². The van der Waals surface area contributed by atoms with Crippen LogP contribution in [-0.2, 0) is 11.5 Å². The molecule has 0 atom stereocenters. The van der Waals surface area contributed by atoms with E-state index in [0.717, 1.165) is 12.1 Å². The lowest BCUT2D eigenvalue weighted by Crippen LogP contribution is -1.92. The van der Waals surface area contributed by atoms with Crippen LogP contribution in [0.4, 0.5) is 17.6 Å². The van der Waals surface area contributed by atoms with Gasteiger partial charge in [-0.3, -0.25) is 0 Å². The zero-order valence-electron chi connectivity index (χ0n) is 9.80. The molecule has 0 aromatic heterocycles. The third-order valence-corrected chi connectivity index (χ3v) is 3.58. The molecule has 0 unspecified atom stereocenters. The van der Waals surface area contributed by atoms with E-state index in [-0.39, 0.29) is 0 Å². The summed E-state index contributed by atoms with van der Waals surface area (Å²) < 4.78 is 52.0. The van der Waals surface area contributed by atoms with E-state index in [1.54, 1.807) is 0 Å². The average molecular weight is 286 g/mol. The molecule has 2 rings (SSSR count). The van der Waals surface area contributed by atoms with Gasteiger partial charge in [0.15, 0.2) is 0 Å². The van der Waals surface area contributed by atoms with E-state index in [0.29, 0.717) is 22.6 Å².